The zero-order valence-electron chi connectivity index (χ0n) is 17.0. The lowest BCUT2D eigenvalue weighted by atomic mass is 10.1. The van der Waals surface area contributed by atoms with Crippen LogP contribution in [-0.4, -0.2) is 24.4 Å². The standard InChI is InChI=1S/C22H25BrN2O4/c1-13-6-5-7-14(2)22(13)25-19(26)8-9-21(28)29-12-20(27)24-18-11-15(3)17(23)10-16(18)4/h5-7,10-11H,8-9,12H2,1-4H3,(H,24,27)(H,25,26). The molecule has 0 aromatic heterocycles. The molecule has 0 bridgehead atoms. The Kier molecular flexibility index (Phi) is 7.96. The van der Waals surface area contributed by atoms with Gasteiger partial charge in [0.1, 0.15) is 0 Å². The molecule has 2 aromatic rings. The number of rotatable bonds is 7. The Morgan fingerprint density at radius 1 is 0.862 bits per heavy atom. The van der Waals surface area contributed by atoms with Gasteiger partial charge in [-0.2, -0.15) is 0 Å². The molecule has 0 fully saturated rings. The normalized spacial score (nSPS) is 10.4. The summed E-state index contributed by atoms with van der Waals surface area (Å²) >= 11 is 3.44. The zero-order valence-corrected chi connectivity index (χ0v) is 18.6. The minimum absolute atomic E-state index is 0.0146. The number of anilines is 2. The van der Waals surface area contributed by atoms with Crippen molar-refractivity contribution >= 4 is 45.1 Å². The van der Waals surface area contributed by atoms with Crippen LogP contribution in [0.1, 0.15) is 35.1 Å². The second kappa shape index (κ2) is 10.2. The fraction of sp³-hybridized carbons (Fsp3) is 0.318. The minimum Gasteiger partial charge on any atom is -0.456 e. The Morgan fingerprint density at radius 3 is 2.17 bits per heavy atom. The van der Waals surface area contributed by atoms with Gasteiger partial charge in [-0.3, -0.25) is 14.4 Å². The number of carbonyl (C=O) groups is 3. The number of hydrogen-bond acceptors (Lipinski definition) is 4. The maximum absolute atomic E-state index is 12.1. The second-order valence-corrected chi connectivity index (χ2v) is 7.79. The Morgan fingerprint density at radius 2 is 1.52 bits per heavy atom. The highest BCUT2D eigenvalue weighted by atomic mass is 79.9. The summed E-state index contributed by atoms with van der Waals surface area (Å²) in [5, 5.41) is 5.54. The Bertz CT molecular complexity index is 920. The highest BCUT2D eigenvalue weighted by molar-refractivity contribution is 9.10. The molecule has 29 heavy (non-hydrogen) atoms. The van der Waals surface area contributed by atoms with Crippen LogP contribution < -0.4 is 10.6 Å². The number of ether oxygens (including phenoxy) is 1. The molecule has 0 aliphatic carbocycles. The number of aryl methyl sites for hydroxylation is 4. The summed E-state index contributed by atoms with van der Waals surface area (Å²) in [6.07, 6.45) is -0.111. The zero-order chi connectivity index (χ0) is 21.6. The summed E-state index contributed by atoms with van der Waals surface area (Å²) in [5.74, 6) is -1.30. The van der Waals surface area contributed by atoms with Crippen molar-refractivity contribution in [3.63, 3.8) is 0 Å². The van der Waals surface area contributed by atoms with Gasteiger partial charge in [0.2, 0.25) is 5.91 Å². The predicted octanol–water partition coefficient (Wildman–Crippen LogP) is 4.58. The fourth-order valence-electron chi connectivity index (χ4n) is 2.75. The lowest BCUT2D eigenvalue weighted by molar-refractivity contribution is -0.147. The van der Waals surface area contributed by atoms with E-state index < -0.39 is 18.5 Å². The molecule has 0 aliphatic heterocycles. The molecule has 0 saturated heterocycles. The lowest BCUT2D eigenvalue weighted by Crippen LogP contribution is -2.22. The third-order valence-corrected chi connectivity index (χ3v) is 5.30. The first-order valence-electron chi connectivity index (χ1n) is 9.25. The largest absolute Gasteiger partial charge is 0.456 e. The molecule has 0 heterocycles. The van der Waals surface area contributed by atoms with E-state index in [1.807, 2.05) is 58.0 Å². The fourth-order valence-corrected chi connectivity index (χ4v) is 3.21. The number of hydrogen-bond donors (Lipinski definition) is 2. The molecule has 2 N–H and O–H groups in total. The van der Waals surface area contributed by atoms with E-state index in [4.69, 9.17) is 4.74 Å². The van der Waals surface area contributed by atoms with Crippen molar-refractivity contribution in [2.45, 2.75) is 40.5 Å². The quantitative estimate of drug-likeness (QED) is 0.591. The van der Waals surface area contributed by atoms with Crippen LogP contribution in [0.5, 0.6) is 0 Å². The maximum Gasteiger partial charge on any atom is 0.306 e. The van der Waals surface area contributed by atoms with Gasteiger partial charge in [-0.25, -0.2) is 0 Å². The first-order chi connectivity index (χ1) is 13.7. The van der Waals surface area contributed by atoms with Crippen LogP contribution in [0.15, 0.2) is 34.8 Å². The van der Waals surface area contributed by atoms with Crippen LogP contribution in [0.3, 0.4) is 0 Å². The first kappa shape index (κ1) is 22.6. The third-order valence-electron chi connectivity index (χ3n) is 4.45. The Hall–Kier alpha value is -2.67. The molecular weight excluding hydrogens is 436 g/mol. The molecule has 2 rings (SSSR count). The summed E-state index contributed by atoms with van der Waals surface area (Å²) < 4.78 is 5.93. The van der Waals surface area contributed by atoms with Crippen molar-refractivity contribution in [3.8, 4) is 0 Å². The number of halogens is 1. The van der Waals surface area contributed by atoms with E-state index in [9.17, 15) is 14.4 Å². The van der Waals surface area contributed by atoms with Crippen LogP contribution in [0.2, 0.25) is 0 Å². The first-order valence-corrected chi connectivity index (χ1v) is 10.0. The van der Waals surface area contributed by atoms with Gasteiger partial charge >= 0.3 is 5.97 Å². The smallest absolute Gasteiger partial charge is 0.306 e. The average Bonchev–Trinajstić information content (AvgIpc) is 2.66. The van der Waals surface area contributed by atoms with Crippen molar-refractivity contribution in [1.82, 2.24) is 0 Å². The number of esters is 1. The summed E-state index contributed by atoms with van der Waals surface area (Å²) in [4.78, 5) is 36.0. The molecule has 2 amide bonds. The SMILES string of the molecule is Cc1cc(NC(=O)COC(=O)CCC(=O)Nc2c(C)cccc2C)c(C)cc1Br. The summed E-state index contributed by atoms with van der Waals surface area (Å²) in [5.41, 5.74) is 5.21. The van der Waals surface area contributed by atoms with Crippen LogP contribution in [0, 0.1) is 27.7 Å². The van der Waals surface area contributed by atoms with Gasteiger partial charge in [0, 0.05) is 22.3 Å². The van der Waals surface area contributed by atoms with Gasteiger partial charge in [-0.1, -0.05) is 34.1 Å². The van der Waals surface area contributed by atoms with Crippen LogP contribution in [0.4, 0.5) is 11.4 Å². The number of benzene rings is 2. The van der Waals surface area contributed by atoms with Crippen LogP contribution in [-0.2, 0) is 19.1 Å². The van der Waals surface area contributed by atoms with E-state index in [2.05, 4.69) is 26.6 Å². The molecule has 0 spiro atoms. The van der Waals surface area contributed by atoms with Crippen molar-refractivity contribution in [2.75, 3.05) is 17.2 Å². The van der Waals surface area contributed by atoms with E-state index in [1.165, 1.54) is 0 Å². The molecular formula is C22H25BrN2O4. The van der Waals surface area contributed by atoms with E-state index >= 15 is 0 Å². The van der Waals surface area contributed by atoms with Gasteiger partial charge in [-0.15, -0.1) is 0 Å². The predicted molar refractivity (Wildman–Crippen MR) is 117 cm³/mol. The van der Waals surface area contributed by atoms with Gasteiger partial charge in [-0.05, 0) is 62.1 Å². The van der Waals surface area contributed by atoms with Crippen molar-refractivity contribution in [1.29, 1.82) is 0 Å². The molecule has 0 unspecified atom stereocenters. The summed E-state index contributed by atoms with van der Waals surface area (Å²) in [6.45, 7) is 7.21. The minimum atomic E-state index is -0.597. The molecule has 7 heteroatoms. The number of nitrogens with one attached hydrogen (secondary N) is 2. The van der Waals surface area contributed by atoms with Crippen molar-refractivity contribution < 1.29 is 19.1 Å². The van der Waals surface area contributed by atoms with Gasteiger partial charge in [0.15, 0.2) is 6.61 Å². The molecule has 154 valence electrons. The van der Waals surface area contributed by atoms with E-state index in [-0.39, 0.29) is 18.7 Å². The molecule has 0 radical (unpaired) electrons. The Balaban J connectivity index is 1.77. The van der Waals surface area contributed by atoms with E-state index in [1.54, 1.807) is 0 Å². The number of carbonyl (C=O) groups excluding carboxylic acids is 3. The topological polar surface area (TPSA) is 84.5 Å². The number of amides is 2. The second-order valence-electron chi connectivity index (χ2n) is 6.94. The summed E-state index contributed by atoms with van der Waals surface area (Å²) in [7, 11) is 0. The Labute approximate surface area is 179 Å². The highest BCUT2D eigenvalue weighted by Crippen LogP contribution is 2.24. The molecule has 6 nitrogen and oxygen atoms in total. The van der Waals surface area contributed by atoms with Crippen LogP contribution in [0.25, 0.3) is 0 Å². The molecule has 0 aliphatic rings. The average molecular weight is 461 g/mol. The third kappa shape index (κ3) is 6.71. The summed E-state index contributed by atoms with van der Waals surface area (Å²) in [6, 6.07) is 9.48. The van der Waals surface area contributed by atoms with Crippen LogP contribution >= 0.6 is 15.9 Å². The lowest BCUT2D eigenvalue weighted by Gasteiger charge is -2.12. The number of para-hydroxylation sites is 1. The van der Waals surface area contributed by atoms with Gasteiger partial charge < -0.3 is 15.4 Å². The monoisotopic (exact) mass is 460 g/mol. The molecule has 0 atom stereocenters. The highest BCUT2D eigenvalue weighted by Gasteiger charge is 2.13. The van der Waals surface area contributed by atoms with Crippen molar-refractivity contribution in [3.05, 3.63) is 57.1 Å². The van der Waals surface area contributed by atoms with Gasteiger partial charge in [0.25, 0.3) is 5.91 Å². The van der Waals surface area contributed by atoms with E-state index in [0.717, 1.165) is 32.4 Å². The van der Waals surface area contributed by atoms with E-state index in [0.29, 0.717) is 5.69 Å². The molecule has 0 saturated carbocycles. The molecule has 2 aromatic carbocycles. The van der Waals surface area contributed by atoms with Crippen molar-refractivity contribution in [2.24, 2.45) is 0 Å². The maximum atomic E-state index is 12.1. The van der Waals surface area contributed by atoms with Gasteiger partial charge in [0.05, 0.1) is 6.42 Å².